The summed E-state index contributed by atoms with van der Waals surface area (Å²) in [5.41, 5.74) is 0. The molecule has 2 aromatic rings. The molecule has 0 bridgehead atoms. The lowest BCUT2D eigenvalue weighted by atomic mass is 10.4. The Kier molecular flexibility index (Phi) is 8.00. The molecule has 8 heteroatoms. The molecule has 0 aliphatic rings. The summed E-state index contributed by atoms with van der Waals surface area (Å²) in [7, 11) is 1.77. The van der Waals surface area contributed by atoms with Crippen molar-refractivity contribution in [3.05, 3.63) is 36.9 Å². The summed E-state index contributed by atoms with van der Waals surface area (Å²) in [5.74, 6) is 0.789. The van der Waals surface area contributed by atoms with Crippen LogP contribution < -0.4 is 10.6 Å². The smallest absolute Gasteiger partial charge is 0.191 e. The van der Waals surface area contributed by atoms with Crippen molar-refractivity contribution < 1.29 is 0 Å². The molecule has 0 aliphatic heterocycles. The van der Waals surface area contributed by atoms with E-state index in [1.54, 1.807) is 29.7 Å². The zero-order valence-corrected chi connectivity index (χ0v) is 16.7. The highest BCUT2D eigenvalue weighted by Gasteiger charge is 2.03. The number of aryl methyl sites for hydroxylation is 1. The van der Waals surface area contributed by atoms with Gasteiger partial charge >= 0.3 is 0 Å². The standard InChI is InChI=1S/C12H15BrN4S2.HI/c1-8-4-15-11(19-8)6-17-12(14-2)16-5-10-3-9(13)7-18-10;/h3-4,7H,5-6H2,1-2H3,(H2,14,16,17);1H. The molecule has 0 saturated carbocycles. The third-order valence-corrected chi connectivity index (χ3v) is 4.96. The highest BCUT2D eigenvalue weighted by Crippen LogP contribution is 2.19. The number of nitrogens with zero attached hydrogens (tertiary/aromatic N) is 2. The molecule has 0 fully saturated rings. The fourth-order valence-corrected chi connectivity index (χ4v) is 3.60. The van der Waals surface area contributed by atoms with E-state index in [1.807, 2.05) is 6.20 Å². The van der Waals surface area contributed by atoms with Gasteiger partial charge in [0.2, 0.25) is 0 Å². The number of thiazole rings is 1. The molecule has 0 atom stereocenters. The van der Waals surface area contributed by atoms with Crippen LogP contribution in [-0.4, -0.2) is 18.0 Å². The molecule has 0 aromatic carbocycles. The van der Waals surface area contributed by atoms with Gasteiger partial charge in [-0.25, -0.2) is 4.98 Å². The number of aromatic nitrogens is 1. The van der Waals surface area contributed by atoms with Crippen LogP contribution in [0, 0.1) is 6.92 Å². The first-order valence-corrected chi connectivity index (χ1v) is 8.25. The van der Waals surface area contributed by atoms with E-state index in [0.717, 1.165) is 22.0 Å². The Morgan fingerprint density at radius 2 is 2.15 bits per heavy atom. The van der Waals surface area contributed by atoms with E-state index in [4.69, 9.17) is 0 Å². The molecule has 0 amide bonds. The minimum Gasteiger partial charge on any atom is -0.352 e. The highest BCUT2D eigenvalue weighted by atomic mass is 127. The zero-order chi connectivity index (χ0) is 13.7. The van der Waals surface area contributed by atoms with Gasteiger partial charge in [-0.1, -0.05) is 0 Å². The van der Waals surface area contributed by atoms with Crippen LogP contribution in [0.15, 0.2) is 27.1 Å². The van der Waals surface area contributed by atoms with E-state index in [1.165, 1.54) is 9.75 Å². The first-order valence-electron chi connectivity index (χ1n) is 5.76. The lowest BCUT2D eigenvalue weighted by Crippen LogP contribution is -2.36. The highest BCUT2D eigenvalue weighted by molar-refractivity contribution is 14.0. The summed E-state index contributed by atoms with van der Waals surface area (Å²) in [6, 6.07) is 2.11. The van der Waals surface area contributed by atoms with Crippen LogP contribution >= 0.6 is 62.6 Å². The summed E-state index contributed by atoms with van der Waals surface area (Å²) in [5, 5.41) is 9.68. The second-order valence-corrected chi connectivity index (χ2v) is 7.11. The minimum atomic E-state index is 0. The van der Waals surface area contributed by atoms with Gasteiger partial charge in [0.15, 0.2) is 5.96 Å². The van der Waals surface area contributed by atoms with E-state index in [-0.39, 0.29) is 24.0 Å². The molecule has 0 radical (unpaired) electrons. The number of thiophene rings is 1. The predicted octanol–water partition coefficient (Wildman–Crippen LogP) is 3.76. The molecule has 110 valence electrons. The van der Waals surface area contributed by atoms with E-state index in [0.29, 0.717) is 6.54 Å². The van der Waals surface area contributed by atoms with Gasteiger partial charge in [0.25, 0.3) is 0 Å². The molecule has 4 nitrogen and oxygen atoms in total. The maximum atomic E-state index is 4.31. The van der Waals surface area contributed by atoms with Gasteiger partial charge < -0.3 is 10.6 Å². The topological polar surface area (TPSA) is 49.3 Å². The van der Waals surface area contributed by atoms with Crippen LogP contribution in [0.25, 0.3) is 0 Å². The third kappa shape index (κ3) is 5.66. The number of hydrogen-bond acceptors (Lipinski definition) is 4. The molecule has 0 aliphatic carbocycles. The van der Waals surface area contributed by atoms with Crippen molar-refractivity contribution in [2.45, 2.75) is 20.0 Å². The molecule has 2 N–H and O–H groups in total. The molecule has 2 heterocycles. The van der Waals surface area contributed by atoms with E-state index in [9.17, 15) is 0 Å². The van der Waals surface area contributed by atoms with Gasteiger partial charge in [-0.3, -0.25) is 4.99 Å². The summed E-state index contributed by atoms with van der Waals surface area (Å²) < 4.78 is 1.12. The van der Waals surface area contributed by atoms with Crippen LogP contribution in [0.1, 0.15) is 14.8 Å². The fraction of sp³-hybridized carbons (Fsp3) is 0.333. The second kappa shape index (κ2) is 8.96. The largest absolute Gasteiger partial charge is 0.352 e. The molecular formula is C12H16BrIN4S2. The van der Waals surface area contributed by atoms with Gasteiger partial charge in [-0.05, 0) is 28.9 Å². The Labute approximate surface area is 152 Å². The summed E-state index contributed by atoms with van der Waals surface area (Å²) >= 11 is 6.86. The Balaban J connectivity index is 0.00000200. The van der Waals surface area contributed by atoms with Crippen molar-refractivity contribution in [3.8, 4) is 0 Å². The van der Waals surface area contributed by atoms with Crippen molar-refractivity contribution in [1.29, 1.82) is 0 Å². The Morgan fingerprint density at radius 1 is 1.40 bits per heavy atom. The zero-order valence-electron chi connectivity index (χ0n) is 11.1. The maximum Gasteiger partial charge on any atom is 0.191 e. The predicted molar refractivity (Wildman–Crippen MR) is 101 cm³/mol. The molecule has 0 unspecified atom stereocenters. The van der Waals surface area contributed by atoms with Crippen LogP contribution in [0.4, 0.5) is 0 Å². The first kappa shape index (κ1) is 17.9. The summed E-state index contributed by atoms with van der Waals surface area (Å²) in [4.78, 5) is 11.0. The summed E-state index contributed by atoms with van der Waals surface area (Å²) in [6.07, 6.45) is 1.89. The number of nitrogens with one attached hydrogen (secondary N) is 2. The second-order valence-electron chi connectivity index (χ2n) is 3.88. The Hall–Kier alpha value is -0.190. The van der Waals surface area contributed by atoms with Crippen LogP contribution in [0.5, 0.6) is 0 Å². The van der Waals surface area contributed by atoms with E-state index in [2.05, 4.69) is 54.9 Å². The van der Waals surface area contributed by atoms with Gasteiger partial charge in [0.05, 0.1) is 13.1 Å². The first-order chi connectivity index (χ1) is 9.17. The van der Waals surface area contributed by atoms with Crippen LogP contribution in [0.3, 0.4) is 0 Å². The van der Waals surface area contributed by atoms with Crippen molar-refractivity contribution in [1.82, 2.24) is 15.6 Å². The minimum absolute atomic E-state index is 0. The third-order valence-electron chi connectivity index (χ3n) is 2.35. The van der Waals surface area contributed by atoms with Gasteiger partial charge in [0, 0.05) is 32.9 Å². The monoisotopic (exact) mass is 486 g/mol. The lowest BCUT2D eigenvalue weighted by molar-refractivity contribution is 0.811. The molecule has 2 rings (SSSR count). The van der Waals surface area contributed by atoms with Crippen molar-refractivity contribution in [2.24, 2.45) is 4.99 Å². The van der Waals surface area contributed by atoms with E-state index >= 15 is 0 Å². The van der Waals surface area contributed by atoms with Crippen molar-refractivity contribution >= 4 is 68.5 Å². The maximum absolute atomic E-state index is 4.31. The molecule has 2 aromatic heterocycles. The van der Waals surface area contributed by atoms with Crippen molar-refractivity contribution in [3.63, 3.8) is 0 Å². The average molecular weight is 487 g/mol. The fourth-order valence-electron chi connectivity index (χ4n) is 1.48. The molecule has 0 saturated heterocycles. The molecular weight excluding hydrogens is 471 g/mol. The van der Waals surface area contributed by atoms with E-state index < -0.39 is 0 Å². The SMILES string of the molecule is CN=C(NCc1cc(Br)cs1)NCc1ncc(C)s1.I. The quantitative estimate of drug-likeness (QED) is 0.393. The lowest BCUT2D eigenvalue weighted by Gasteiger charge is -2.09. The number of aliphatic imine (C=N–C) groups is 1. The van der Waals surface area contributed by atoms with Gasteiger partial charge in [-0.2, -0.15) is 0 Å². The molecule has 20 heavy (non-hydrogen) atoms. The molecule has 0 spiro atoms. The van der Waals surface area contributed by atoms with Gasteiger partial charge in [-0.15, -0.1) is 46.7 Å². The normalized spacial score (nSPS) is 11.1. The van der Waals surface area contributed by atoms with Crippen LogP contribution in [0.2, 0.25) is 0 Å². The van der Waals surface area contributed by atoms with Crippen LogP contribution in [-0.2, 0) is 13.1 Å². The number of hydrogen-bond donors (Lipinski definition) is 2. The Bertz CT molecular complexity index is 521. The van der Waals surface area contributed by atoms with Gasteiger partial charge in [0.1, 0.15) is 5.01 Å². The van der Waals surface area contributed by atoms with Crippen molar-refractivity contribution in [2.75, 3.05) is 7.05 Å². The number of halogens is 2. The summed E-state index contributed by atoms with van der Waals surface area (Å²) in [6.45, 7) is 3.53. The number of guanidine groups is 1. The average Bonchev–Trinajstić information content (AvgIpc) is 2.99. The number of rotatable bonds is 4. The Morgan fingerprint density at radius 3 is 2.70 bits per heavy atom.